The van der Waals surface area contributed by atoms with Crippen molar-refractivity contribution in [3.63, 3.8) is 0 Å². The molecule has 1 aliphatic heterocycles. The molecule has 0 saturated carbocycles. The molecular formula is C16H19N3OS. The number of nitrogens with zero attached hydrogens (tertiary/aromatic N) is 2. The standard InChI is InChI=1S/C16H19N3OS/c1-11-10-21-15(18-11)13-3-2-4-14(7-13)16(20)19-6-5-12(8-17)9-19/h2-4,7,10,12H,5-6,8-9,17H2,1H3. The number of likely N-dealkylation sites (tertiary alicyclic amines) is 1. The van der Waals surface area contributed by atoms with Crippen LogP contribution in [-0.4, -0.2) is 35.4 Å². The monoisotopic (exact) mass is 301 g/mol. The maximum absolute atomic E-state index is 12.6. The fraction of sp³-hybridized carbons (Fsp3) is 0.375. The molecule has 110 valence electrons. The number of carbonyl (C=O) groups is 1. The van der Waals surface area contributed by atoms with Gasteiger partial charge in [0.2, 0.25) is 0 Å². The zero-order valence-electron chi connectivity index (χ0n) is 12.1. The van der Waals surface area contributed by atoms with Crippen molar-refractivity contribution in [3.05, 3.63) is 40.9 Å². The summed E-state index contributed by atoms with van der Waals surface area (Å²) in [4.78, 5) is 19.0. The Morgan fingerprint density at radius 2 is 2.38 bits per heavy atom. The summed E-state index contributed by atoms with van der Waals surface area (Å²) in [5, 5.41) is 2.99. The van der Waals surface area contributed by atoms with E-state index in [-0.39, 0.29) is 5.91 Å². The lowest BCUT2D eigenvalue weighted by molar-refractivity contribution is 0.0787. The van der Waals surface area contributed by atoms with Crippen LogP contribution in [0.5, 0.6) is 0 Å². The largest absolute Gasteiger partial charge is 0.338 e. The Labute approximate surface area is 128 Å². The van der Waals surface area contributed by atoms with E-state index in [4.69, 9.17) is 5.73 Å². The molecule has 4 nitrogen and oxygen atoms in total. The third-order valence-electron chi connectivity index (χ3n) is 3.88. The molecule has 0 bridgehead atoms. The zero-order valence-corrected chi connectivity index (χ0v) is 12.9. The van der Waals surface area contributed by atoms with Crippen LogP contribution in [0.3, 0.4) is 0 Å². The summed E-state index contributed by atoms with van der Waals surface area (Å²) in [6.45, 7) is 4.21. The number of carbonyl (C=O) groups excluding carboxylic acids is 1. The molecule has 1 aliphatic rings. The first-order chi connectivity index (χ1) is 10.2. The van der Waals surface area contributed by atoms with E-state index in [0.717, 1.165) is 41.3 Å². The molecule has 1 atom stereocenters. The Kier molecular flexibility index (Phi) is 4.03. The van der Waals surface area contributed by atoms with E-state index < -0.39 is 0 Å². The Bertz CT molecular complexity index is 652. The van der Waals surface area contributed by atoms with Crippen LogP contribution in [-0.2, 0) is 0 Å². The SMILES string of the molecule is Cc1csc(-c2cccc(C(=O)N3CCC(CN)C3)c2)n1. The highest BCUT2D eigenvalue weighted by molar-refractivity contribution is 7.13. The minimum atomic E-state index is 0.0982. The second kappa shape index (κ2) is 5.95. The van der Waals surface area contributed by atoms with Crippen molar-refractivity contribution in [2.45, 2.75) is 13.3 Å². The molecule has 1 saturated heterocycles. The minimum Gasteiger partial charge on any atom is -0.338 e. The molecule has 0 spiro atoms. The molecule has 2 aromatic rings. The van der Waals surface area contributed by atoms with E-state index in [9.17, 15) is 4.79 Å². The number of benzene rings is 1. The van der Waals surface area contributed by atoms with Crippen molar-refractivity contribution in [2.24, 2.45) is 11.7 Å². The molecule has 0 aliphatic carbocycles. The van der Waals surface area contributed by atoms with E-state index in [1.165, 1.54) is 0 Å². The molecule has 5 heteroatoms. The summed E-state index contributed by atoms with van der Waals surface area (Å²) >= 11 is 1.61. The van der Waals surface area contributed by atoms with E-state index in [1.54, 1.807) is 11.3 Å². The predicted molar refractivity (Wildman–Crippen MR) is 85.4 cm³/mol. The fourth-order valence-electron chi connectivity index (χ4n) is 2.66. The second-order valence-corrected chi connectivity index (χ2v) is 6.37. The summed E-state index contributed by atoms with van der Waals surface area (Å²) in [6.07, 6.45) is 1.01. The van der Waals surface area contributed by atoms with Crippen molar-refractivity contribution in [1.82, 2.24) is 9.88 Å². The van der Waals surface area contributed by atoms with E-state index in [2.05, 4.69) is 4.98 Å². The molecule has 0 radical (unpaired) electrons. The van der Waals surface area contributed by atoms with Gasteiger partial charge in [-0.1, -0.05) is 12.1 Å². The van der Waals surface area contributed by atoms with Crippen LogP contribution in [0.25, 0.3) is 10.6 Å². The molecule has 1 fully saturated rings. The van der Waals surface area contributed by atoms with Gasteiger partial charge in [-0.25, -0.2) is 4.98 Å². The van der Waals surface area contributed by atoms with Gasteiger partial charge in [0, 0.05) is 35.3 Å². The van der Waals surface area contributed by atoms with E-state index in [1.807, 2.05) is 41.5 Å². The number of thiazole rings is 1. The summed E-state index contributed by atoms with van der Waals surface area (Å²) in [5.74, 6) is 0.542. The number of nitrogens with two attached hydrogens (primary N) is 1. The van der Waals surface area contributed by atoms with Gasteiger partial charge < -0.3 is 10.6 Å². The second-order valence-electron chi connectivity index (χ2n) is 5.52. The van der Waals surface area contributed by atoms with Crippen LogP contribution in [0.4, 0.5) is 0 Å². The van der Waals surface area contributed by atoms with Gasteiger partial charge in [0.1, 0.15) is 5.01 Å². The molecule has 1 unspecified atom stereocenters. The van der Waals surface area contributed by atoms with Crippen LogP contribution in [0.15, 0.2) is 29.6 Å². The van der Waals surface area contributed by atoms with Crippen LogP contribution < -0.4 is 5.73 Å². The van der Waals surface area contributed by atoms with Crippen molar-refractivity contribution in [2.75, 3.05) is 19.6 Å². The van der Waals surface area contributed by atoms with Crippen LogP contribution in [0.2, 0.25) is 0 Å². The normalized spacial score (nSPS) is 18.2. The summed E-state index contributed by atoms with van der Waals surface area (Å²) in [7, 11) is 0. The van der Waals surface area contributed by atoms with Crippen molar-refractivity contribution in [1.29, 1.82) is 0 Å². The van der Waals surface area contributed by atoms with Crippen LogP contribution >= 0.6 is 11.3 Å². The molecule has 1 amide bonds. The van der Waals surface area contributed by atoms with Gasteiger partial charge in [0.15, 0.2) is 0 Å². The van der Waals surface area contributed by atoms with Gasteiger partial charge in [0.05, 0.1) is 0 Å². The zero-order chi connectivity index (χ0) is 14.8. The lowest BCUT2D eigenvalue weighted by Gasteiger charge is -2.16. The first kappa shape index (κ1) is 14.2. The highest BCUT2D eigenvalue weighted by atomic mass is 32.1. The number of rotatable bonds is 3. The Hall–Kier alpha value is -1.72. The molecular weight excluding hydrogens is 282 g/mol. The Morgan fingerprint density at radius 3 is 3.05 bits per heavy atom. The van der Waals surface area contributed by atoms with Crippen molar-refractivity contribution >= 4 is 17.2 Å². The van der Waals surface area contributed by atoms with Gasteiger partial charge in [-0.3, -0.25) is 4.79 Å². The smallest absolute Gasteiger partial charge is 0.253 e. The quantitative estimate of drug-likeness (QED) is 0.947. The van der Waals surface area contributed by atoms with Crippen LogP contribution in [0.1, 0.15) is 22.5 Å². The Balaban J connectivity index is 1.81. The van der Waals surface area contributed by atoms with Gasteiger partial charge in [-0.15, -0.1) is 11.3 Å². The maximum Gasteiger partial charge on any atom is 0.253 e. The summed E-state index contributed by atoms with van der Waals surface area (Å²) in [5.41, 5.74) is 8.45. The highest BCUT2D eigenvalue weighted by Crippen LogP contribution is 2.25. The van der Waals surface area contributed by atoms with E-state index >= 15 is 0 Å². The first-order valence-electron chi connectivity index (χ1n) is 7.19. The maximum atomic E-state index is 12.6. The number of amides is 1. The lowest BCUT2D eigenvalue weighted by atomic mass is 10.1. The topological polar surface area (TPSA) is 59.2 Å². The summed E-state index contributed by atoms with van der Waals surface area (Å²) in [6, 6.07) is 7.75. The molecule has 2 N–H and O–H groups in total. The van der Waals surface area contributed by atoms with Gasteiger partial charge in [-0.05, 0) is 37.9 Å². The van der Waals surface area contributed by atoms with Crippen LogP contribution in [0, 0.1) is 12.8 Å². The predicted octanol–water partition coefficient (Wildman–Crippen LogP) is 2.54. The Morgan fingerprint density at radius 1 is 1.52 bits per heavy atom. The molecule has 1 aromatic heterocycles. The third-order valence-corrected chi connectivity index (χ3v) is 4.89. The minimum absolute atomic E-state index is 0.0982. The average Bonchev–Trinajstić information content (AvgIpc) is 3.15. The fourth-order valence-corrected chi connectivity index (χ4v) is 3.46. The third kappa shape index (κ3) is 2.99. The molecule has 21 heavy (non-hydrogen) atoms. The summed E-state index contributed by atoms with van der Waals surface area (Å²) < 4.78 is 0. The number of hydrogen-bond acceptors (Lipinski definition) is 4. The van der Waals surface area contributed by atoms with E-state index in [0.29, 0.717) is 12.5 Å². The lowest BCUT2D eigenvalue weighted by Crippen LogP contribution is -2.29. The first-order valence-corrected chi connectivity index (χ1v) is 8.07. The molecule has 3 rings (SSSR count). The highest BCUT2D eigenvalue weighted by Gasteiger charge is 2.26. The molecule has 2 heterocycles. The molecule has 1 aromatic carbocycles. The van der Waals surface area contributed by atoms with Gasteiger partial charge >= 0.3 is 0 Å². The number of hydrogen-bond donors (Lipinski definition) is 1. The van der Waals surface area contributed by atoms with Crippen molar-refractivity contribution < 1.29 is 4.79 Å². The number of aromatic nitrogens is 1. The van der Waals surface area contributed by atoms with Gasteiger partial charge in [0.25, 0.3) is 5.91 Å². The van der Waals surface area contributed by atoms with Crippen molar-refractivity contribution in [3.8, 4) is 10.6 Å². The number of aryl methyl sites for hydroxylation is 1. The van der Waals surface area contributed by atoms with Gasteiger partial charge in [-0.2, -0.15) is 0 Å². The average molecular weight is 301 g/mol.